The van der Waals surface area contributed by atoms with E-state index in [1.54, 1.807) is 36.4 Å². The van der Waals surface area contributed by atoms with E-state index in [1.807, 2.05) is 34.9 Å². The van der Waals surface area contributed by atoms with Crippen molar-refractivity contribution in [2.24, 2.45) is 11.0 Å². The van der Waals surface area contributed by atoms with Crippen LogP contribution in [0, 0.1) is 17.6 Å². The van der Waals surface area contributed by atoms with Gasteiger partial charge in [0.1, 0.15) is 11.6 Å². The van der Waals surface area contributed by atoms with Gasteiger partial charge < -0.3 is 4.74 Å². The number of amides is 1. The van der Waals surface area contributed by atoms with Crippen LogP contribution in [0.4, 0.5) is 8.78 Å². The number of nitrogens with zero attached hydrogens (tertiary/aromatic N) is 5. The Balaban J connectivity index is 1.08. The Bertz CT molecular complexity index is 2210. The van der Waals surface area contributed by atoms with Gasteiger partial charge in [-0.1, -0.05) is 92.7 Å². The normalized spacial score (nSPS) is 17.7. The van der Waals surface area contributed by atoms with Gasteiger partial charge in [0, 0.05) is 22.2 Å². The molecule has 0 N–H and O–H groups in total. The number of aromatic nitrogens is 3. The number of ether oxygens (including phenoxy) is 1. The number of hydrogen-bond acceptors (Lipinski definition) is 7. The van der Waals surface area contributed by atoms with Gasteiger partial charge in [-0.3, -0.25) is 14.2 Å². The number of hydrazone groups is 1. The summed E-state index contributed by atoms with van der Waals surface area (Å²) in [5, 5.41) is 16.1. The van der Waals surface area contributed by atoms with Crippen molar-refractivity contribution < 1.29 is 23.1 Å². The molecule has 2 heterocycles. The fraction of sp³-hybridized carbons (Fsp3) is 0.262. The average molecular weight is 766 g/mol. The minimum atomic E-state index is -0.616. The number of rotatable bonds is 9. The highest BCUT2D eigenvalue weighted by Gasteiger charge is 2.44. The van der Waals surface area contributed by atoms with E-state index >= 15 is 0 Å². The molecule has 5 aromatic rings. The van der Waals surface area contributed by atoms with Crippen molar-refractivity contribution in [1.82, 2.24) is 19.8 Å². The summed E-state index contributed by atoms with van der Waals surface area (Å²) in [6.07, 6.45) is 4.32. The number of benzene rings is 4. The highest BCUT2D eigenvalue weighted by molar-refractivity contribution is 7.99. The van der Waals surface area contributed by atoms with Crippen LogP contribution in [-0.4, -0.2) is 49.7 Å². The number of halogens is 3. The standard InChI is InChI=1S/C42H38ClF2N5O3S/c1-42(2,3)30-13-9-28(10-14-30)40-46-47-41(49(40)34-21-15-31(43)16-22-34)54-25-37(52)53-24-36(51)50-39(27-11-19-33(45)20-12-27)35-6-4-5-29(38(35)48-50)23-26-7-17-32(44)18-8-26/h7-23,35,39H,4-6,24-25H2,1-3H3/b29-23-. The molecule has 2 unspecified atom stereocenters. The van der Waals surface area contributed by atoms with Crippen LogP contribution in [0.2, 0.25) is 5.02 Å². The lowest BCUT2D eigenvalue weighted by atomic mass is 9.77. The van der Waals surface area contributed by atoms with E-state index in [9.17, 15) is 18.4 Å². The van der Waals surface area contributed by atoms with E-state index in [2.05, 4.69) is 43.1 Å². The van der Waals surface area contributed by atoms with Crippen LogP contribution in [0.3, 0.4) is 0 Å². The van der Waals surface area contributed by atoms with E-state index < -0.39 is 24.5 Å². The molecule has 7 rings (SSSR count). The van der Waals surface area contributed by atoms with Crippen LogP contribution in [0.25, 0.3) is 23.2 Å². The summed E-state index contributed by atoms with van der Waals surface area (Å²) < 4.78 is 34.9. The summed E-state index contributed by atoms with van der Waals surface area (Å²) >= 11 is 7.34. The lowest BCUT2D eigenvalue weighted by Crippen LogP contribution is -2.34. The molecule has 2 aliphatic rings. The molecule has 1 aliphatic carbocycles. The quantitative estimate of drug-likeness (QED) is 0.110. The first kappa shape index (κ1) is 37.2. The maximum Gasteiger partial charge on any atom is 0.316 e. The van der Waals surface area contributed by atoms with Crippen molar-refractivity contribution in [2.45, 2.75) is 56.6 Å². The van der Waals surface area contributed by atoms with Gasteiger partial charge >= 0.3 is 5.97 Å². The molecule has 1 aliphatic heterocycles. The summed E-state index contributed by atoms with van der Waals surface area (Å²) in [4.78, 5) is 26.9. The lowest BCUT2D eigenvalue weighted by molar-refractivity contribution is -0.151. The zero-order chi connectivity index (χ0) is 38.0. The third kappa shape index (κ3) is 8.17. The summed E-state index contributed by atoms with van der Waals surface area (Å²) in [5.74, 6) is -1.52. The molecule has 8 nitrogen and oxygen atoms in total. The van der Waals surface area contributed by atoms with Gasteiger partial charge in [-0.15, -0.1) is 10.2 Å². The molecule has 4 aromatic carbocycles. The van der Waals surface area contributed by atoms with E-state index in [4.69, 9.17) is 21.4 Å². The van der Waals surface area contributed by atoms with Gasteiger partial charge in [0.2, 0.25) is 0 Å². The minimum absolute atomic E-state index is 0.0158. The van der Waals surface area contributed by atoms with Gasteiger partial charge in [-0.25, -0.2) is 13.8 Å². The number of carbonyl (C=O) groups excluding carboxylic acids is 2. The third-order valence-corrected chi connectivity index (χ3v) is 10.7. The molecule has 0 spiro atoms. The molecular formula is C42H38ClF2N5O3S. The summed E-state index contributed by atoms with van der Waals surface area (Å²) in [5.41, 5.74) is 6.02. The zero-order valence-electron chi connectivity index (χ0n) is 30.0. The fourth-order valence-electron chi connectivity index (χ4n) is 6.83. The SMILES string of the molecule is CC(C)(C)c1ccc(-c2nnc(SCC(=O)OCC(=O)N3N=C4/C(=C\c5ccc(F)cc5)CCCC4C3c3ccc(F)cc3)n2-c2ccc(Cl)cc2)cc1. The molecule has 1 saturated carbocycles. The average Bonchev–Trinajstić information content (AvgIpc) is 3.77. The highest BCUT2D eigenvalue weighted by atomic mass is 35.5. The number of esters is 1. The van der Waals surface area contributed by atoms with Crippen LogP contribution in [0.15, 0.2) is 113 Å². The van der Waals surface area contributed by atoms with Gasteiger partial charge in [0.15, 0.2) is 17.6 Å². The number of thioether (sulfide) groups is 1. The summed E-state index contributed by atoms with van der Waals surface area (Å²) in [7, 11) is 0. The second-order valence-electron chi connectivity index (χ2n) is 14.3. The summed E-state index contributed by atoms with van der Waals surface area (Å²) in [6, 6.07) is 27.1. The first-order valence-electron chi connectivity index (χ1n) is 17.7. The molecule has 0 bridgehead atoms. The second kappa shape index (κ2) is 15.7. The first-order chi connectivity index (χ1) is 25.9. The predicted molar refractivity (Wildman–Crippen MR) is 207 cm³/mol. The summed E-state index contributed by atoms with van der Waals surface area (Å²) in [6.45, 7) is 5.92. The molecule has 2 atom stereocenters. The van der Waals surface area contributed by atoms with Crippen LogP contribution in [-0.2, 0) is 19.7 Å². The topological polar surface area (TPSA) is 89.7 Å². The molecule has 276 valence electrons. The van der Waals surface area contributed by atoms with Crippen molar-refractivity contribution in [1.29, 1.82) is 0 Å². The second-order valence-corrected chi connectivity index (χ2v) is 15.7. The Morgan fingerprint density at radius 3 is 2.24 bits per heavy atom. The van der Waals surface area contributed by atoms with Crippen molar-refractivity contribution in [3.63, 3.8) is 0 Å². The van der Waals surface area contributed by atoms with Gasteiger partial charge in [0.05, 0.1) is 17.5 Å². The first-order valence-corrected chi connectivity index (χ1v) is 19.0. The van der Waals surface area contributed by atoms with Gasteiger partial charge in [-0.05, 0) is 102 Å². The maximum absolute atomic E-state index is 14.0. The molecule has 54 heavy (non-hydrogen) atoms. The number of carbonyl (C=O) groups is 2. The van der Waals surface area contributed by atoms with Crippen molar-refractivity contribution >= 4 is 47.0 Å². The minimum Gasteiger partial charge on any atom is -0.455 e. The molecule has 12 heteroatoms. The van der Waals surface area contributed by atoms with E-state index in [0.717, 1.165) is 64.7 Å². The van der Waals surface area contributed by atoms with Crippen LogP contribution < -0.4 is 0 Å². The van der Waals surface area contributed by atoms with E-state index in [0.29, 0.717) is 16.0 Å². The predicted octanol–water partition coefficient (Wildman–Crippen LogP) is 9.62. The van der Waals surface area contributed by atoms with Crippen molar-refractivity contribution in [3.05, 3.63) is 136 Å². The molecule has 1 amide bonds. The lowest BCUT2D eigenvalue weighted by Gasteiger charge is -2.29. The largest absolute Gasteiger partial charge is 0.455 e. The third-order valence-electron chi connectivity index (χ3n) is 9.58. The van der Waals surface area contributed by atoms with E-state index in [-0.39, 0.29) is 28.7 Å². The molecule has 1 fully saturated rings. The van der Waals surface area contributed by atoms with Gasteiger partial charge in [-0.2, -0.15) is 5.10 Å². The van der Waals surface area contributed by atoms with E-state index in [1.165, 1.54) is 34.8 Å². The van der Waals surface area contributed by atoms with Crippen molar-refractivity contribution in [2.75, 3.05) is 12.4 Å². The molecule has 0 radical (unpaired) electrons. The number of hydrogen-bond donors (Lipinski definition) is 0. The Kier molecular flexibility index (Phi) is 10.8. The molecule has 0 saturated heterocycles. The zero-order valence-corrected chi connectivity index (χ0v) is 31.6. The molecular weight excluding hydrogens is 728 g/mol. The Morgan fingerprint density at radius 1 is 0.907 bits per heavy atom. The molecule has 1 aromatic heterocycles. The fourth-order valence-corrected chi connectivity index (χ4v) is 7.70. The number of fused-ring (bicyclic) bond motifs is 1. The number of allylic oxidation sites excluding steroid dienone is 1. The Labute approximate surface area is 321 Å². The monoisotopic (exact) mass is 765 g/mol. The smallest absolute Gasteiger partial charge is 0.316 e. The van der Waals surface area contributed by atoms with Crippen LogP contribution in [0.1, 0.15) is 62.8 Å². The Hall–Kier alpha value is -5.13. The van der Waals surface area contributed by atoms with Crippen LogP contribution in [0.5, 0.6) is 0 Å². The highest BCUT2D eigenvalue weighted by Crippen LogP contribution is 2.44. The van der Waals surface area contributed by atoms with Crippen molar-refractivity contribution in [3.8, 4) is 17.1 Å². The Morgan fingerprint density at radius 2 is 1.57 bits per heavy atom. The maximum atomic E-state index is 14.0. The van der Waals surface area contributed by atoms with Gasteiger partial charge in [0.25, 0.3) is 5.91 Å². The van der Waals surface area contributed by atoms with Crippen LogP contribution >= 0.6 is 23.4 Å².